The van der Waals surface area contributed by atoms with Crippen LogP contribution in [0.25, 0.3) is 0 Å². The number of piperazine rings is 1. The minimum atomic E-state index is -4.90. The van der Waals surface area contributed by atoms with Crippen LogP contribution in [0.3, 0.4) is 0 Å². The monoisotopic (exact) mass is 607 g/mol. The molecule has 18 heteroatoms. The summed E-state index contributed by atoms with van der Waals surface area (Å²) in [5, 5.41) is 6.92. The van der Waals surface area contributed by atoms with Crippen LogP contribution in [0.15, 0.2) is 23.3 Å². The van der Waals surface area contributed by atoms with E-state index in [1.165, 1.54) is 11.9 Å². The van der Waals surface area contributed by atoms with E-state index in [0.29, 0.717) is 16.4 Å². The average Bonchev–Trinajstić information content (AvgIpc) is 2.87. The Morgan fingerprint density at radius 1 is 1.17 bits per heavy atom. The molecule has 0 unspecified atom stereocenters. The Morgan fingerprint density at radius 3 is 2.54 bits per heavy atom. The van der Waals surface area contributed by atoms with E-state index >= 15 is 0 Å². The van der Waals surface area contributed by atoms with E-state index in [4.69, 9.17) is 4.74 Å². The first kappa shape index (κ1) is 30.3. The lowest BCUT2D eigenvalue weighted by molar-refractivity contribution is -0.138. The first-order valence-corrected chi connectivity index (χ1v) is 13.4. The normalized spacial score (nSPS) is 19.1. The van der Waals surface area contributed by atoms with Gasteiger partial charge in [0.25, 0.3) is 11.5 Å². The average molecular weight is 608 g/mol. The van der Waals surface area contributed by atoms with Crippen molar-refractivity contribution < 1.29 is 40.7 Å². The maximum Gasteiger partial charge on any atom is 0.423 e. The third-order valence-corrected chi connectivity index (χ3v) is 7.23. The fraction of sp³-hybridized carbons (Fsp3) is 0.522. The van der Waals surface area contributed by atoms with Gasteiger partial charge >= 0.3 is 12.4 Å². The summed E-state index contributed by atoms with van der Waals surface area (Å²) in [6.07, 6.45) is -8.00. The molecule has 224 valence electrons. The third-order valence-electron chi connectivity index (χ3n) is 6.69. The van der Waals surface area contributed by atoms with E-state index in [0.717, 1.165) is 17.2 Å². The first-order valence-electron chi connectivity index (χ1n) is 12.4. The highest BCUT2D eigenvalue weighted by Gasteiger charge is 2.43. The SMILES string of the molecule is CN1C(=O)[C@H]2CN(C(=O)CCOC[C@](C)([SiH3])Nc3cn[nH]c(=O)c3C(F)(F)F)CCN2c2ncc(C(F)(F)F)cc21. The molecule has 1 saturated heterocycles. The van der Waals surface area contributed by atoms with Gasteiger partial charge in [0.05, 0.1) is 49.3 Å². The van der Waals surface area contributed by atoms with Crippen molar-refractivity contribution >= 4 is 39.2 Å². The summed E-state index contributed by atoms with van der Waals surface area (Å²) in [6, 6.07) is 0.0517. The van der Waals surface area contributed by atoms with E-state index in [-0.39, 0.29) is 56.7 Å². The molecule has 2 aromatic rings. The van der Waals surface area contributed by atoms with Crippen LogP contribution in [-0.2, 0) is 26.7 Å². The molecule has 11 nitrogen and oxygen atoms in total. The van der Waals surface area contributed by atoms with Crippen molar-refractivity contribution in [3.8, 4) is 0 Å². The van der Waals surface area contributed by atoms with Gasteiger partial charge in [-0.15, -0.1) is 0 Å². The van der Waals surface area contributed by atoms with Crippen LogP contribution in [0.4, 0.5) is 43.5 Å². The van der Waals surface area contributed by atoms with Gasteiger partial charge in [0.15, 0.2) is 5.82 Å². The molecule has 0 bridgehead atoms. The van der Waals surface area contributed by atoms with E-state index in [1.54, 1.807) is 16.9 Å². The molecule has 0 spiro atoms. The first-order chi connectivity index (χ1) is 19.0. The quantitative estimate of drug-likeness (QED) is 0.269. The Morgan fingerprint density at radius 2 is 1.88 bits per heavy atom. The molecule has 0 radical (unpaired) electrons. The molecular formula is C23H27F6N7O4Si. The largest absolute Gasteiger partial charge is 0.423 e. The summed E-state index contributed by atoms with van der Waals surface area (Å²) in [7, 11) is 1.67. The summed E-state index contributed by atoms with van der Waals surface area (Å²) in [4.78, 5) is 45.6. The molecule has 2 aliphatic heterocycles. The number of aromatic amines is 1. The number of nitrogens with zero attached hydrogens (tertiary/aromatic N) is 5. The maximum atomic E-state index is 13.3. The molecule has 2 N–H and O–H groups in total. The molecule has 0 aliphatic carbocycles. The predicted molar refractivity (Wildman–Crippen MR) is 138 cm³/mol. The number of nitrogens with one attached hydrogen (secondary N) is 2. The molecule has 4 rings (SSSR count). The minimum Gasteiger partial charge on any atom is -0.379 e. The minimum absolute atomic E-state index is 0.000115. The highest BCUT2D eigenvalue weighted by atomic mass is 28.1. The molecule has 2 amide bonds. The fourth-order valence-corrected chi connectivity index (χ4v) is 5.18. The lowest BCUT2D eigenvalue weighted by Crippen LogP contribution is -2.63. The fourth-order valence-electron chi connectivity index (χ4n) is 4.71. The maximum absolute atomic E-state index is 13.3. The summed E-state index contributed by atoms with van der Waals surface area (Å²) < 4.78 is 85.0. The second-order valence-electron chi connectivity index (χ2n) is 10.3. The lowest BCUT2D eigenvalue weighted by atomic mass is 10.0. The number of hydrogen-bond acceptors (Lipinski definition) is 8. The van der Waals surface area contributed by atoms with E-state index in [2.05, 4.69) is 15.4 Å². The second-order valence-corrected chi connectivity index (χ2v) is 12.5. The number of halogens is 6. The van der Waals surface area contributed by atoms with Crippen molar-refractivity contribution in [1.82, 2.24) is 20.1 Å². The molecule has 0 saturated carbocycles. The number of alkyl halides is 6. The molecular weight excluding hydrogens is 580 g/mol. The van der Waals surface area contributed by atoms with Crippen molar-refractivity contribution in [1.29, 1.82) is 0 Å². The summed E-state index contributed by atoms with van der Waals surface area (Å²) in [5.41, 5.74) is -4.19. The zero-order chi connectivity index (χ0) is 30.3. The van der Waals surface area contributed by atoms with Gasteiger partial charge in [-0.25, -0.2) is 10.1 Å². The van der Waals surface area contributed by atoms with Crippen molar-refractivity contribution in [3.63, 3.8) is 0 Å². The molecule has 2 atom stereocenters. The number of hydrogen-bond donors (Lipinski definition) is 2. The van der Waals surface area contributed by atoms with E-state index < -0.39 is 51.8 Å². The van der Waals surface area contributed by atoms with Crippen molar-refractivity contribution in [3.05, 3.63) is 39.9 Å². The zero-order valence-corrected chi connectivity index (χ0v) is 24.2. The Hall–Kier alpha value is -3.67. The number of carbonyl (C=O) groups is 2. The Balaban J connectivity index is 1.33. The highest BCUT2D eigenvalue weighted by Crippen LogP contribution is 2.39. The van der Waals surface area contributed by atoms with Crippen LogP contribution in [0, 0.1) is 0 Å². The van der Waals surface area contributed by atoms with Crippen LogP contribution in [-0.4, -0.2) is 93.2 Å². The topological polar surface area (TPSA) is 124 Å². The Labute approximate surface area is 232 Å². The number of pyridine rings is 1. The number of aromatic nitrogens is 3. The molecule has 2 aromatic heterocycles. The molecule has 2 aliphatic rings. The summed E-state index contributed by atoms with van der Waals surface area (Å²) in [5.74, 6) is -0.575. The molecule has 0 aromatic carbocycles. The number of rotatable bonds is 7. The Kier molecular flexibility index (Phi) is 8.09. The Bertz CT molecular complexity index is 1380. The van der Waals surface area contributed by atoms with Gasteiger partial charge in [-0.3, -0.25) is 14.4 Å². The van der Waals surface area contributed by atoms with Gasteiger partial charge < -0.3 is 24.8 Å². The third kappa shape index (κ3) is 6.47. The molecule has 41 heavy (non-hydrogen) atoms. The zero-order valence-electron chi connectivity index (χ0n) is 22.2. The highest BCUT2D eigenvalue weighted by molar-refractivity contribution is 6.16. The number of H-pyrrole nitrogens is 1. The van der Waals surface area contributed by atoms with Crippen LogP contribution in [0.5, 0.6) is 0 Å². The van der Waals surface area contributed by atoms with E-state index in [9.17, 15) is 40.7 Å². The number of carbonyl (C=O) groups excluding carboxylic acids is 2. The van der Waals surface area contributed by atoms with E-state index in [1.807, 2.05) is 0 Å². The summed E-state index contributed by atoms with van der Waals surface area (Å²) >= 11 is 0. The standard InChI is InChI=1S/C23H27F6N7O4Si/c1-21(41,32-13-9-31-33-19(38)17(13)23(27,28)29)11-40-6-3-16(37)35-4-5-36-15(10-35)20(39)34(2)14-7-12(22(24,25)26)8-30-18(14)36/h7-9,15H,3-6,10-11H2,1-2,41H3,(H2,32,33,38)/t15-,21+/m1/s1. The molecule has 4 heterocycles. The van der Waals surface area contributed by atoms with Crippen LogP contribution >= 0.6 is 0 Å². The lowest BCUT2D eigenvalue weighted by Gasteiger charge is -2.46. The smallest absolute Gasteiger partial charge is 0.379 e. The van der Waals surface area contributed by atoms with Gasteiger partial charge in [-0.2, -0.15) is 31.4 Å². The van der Waals surface area contributed by atoms with Crippen molar-refractivity contribution in [2.75, 3.05) is 55.0 Å². The van der Waals surface area contributed by atoms with Gasteiger partial charge in [-0.1, -0.05) is 0 Å². The van der Waals surface area contributed by atoms with Crippen LogP contribution in [0.2, 0.25) is 0 Å². The summed E-state index contributed by atoms with van der Waals surface area (Å²) in [6.45, 7) is 1.87. The number of anilines is 3. The van der Waals surface area contributed by atoms with Gasteiger partial charge in [0.2, 0.25) is 5.91 Å². The van der Waals surface area contributed by atoms with Gasteiger partial charge in [0, 0.05) is 41.7 Å². The van der Waals surface area contributed by atoms with Gasteiger partial charge in [-0.05, 0) is 13.0 Å². The number of ether oxygens (including phenoxy) is 1. The van der Waals surface area contributed by atoms with Crippen molar-refractivity contribution in [2.24, 2.45) is 0 Å². The number of likely N-dealkylation sites (N-methyl/N-ethyl adjacent to an activating group) is 1. The van der Waals surface area contributed by atoms with Crippen LogP contribution < -0.4 is 20.7 Å². The second kappa shape index (κ2) is 11.0. The van der Waals surface area contributed by atoms with Crippen molar-refractivity contribution in [2.45, 2.75) is 36.9 Å². The van der Waals surface area contributed by atoms with Gasteiger partial charge in [0.1, 0.15) is 11.6 Å². The number of amides is 2. The number of fused-ring (bicyclic) bond motifs is 3. The van der Waals surface area contributed by atoms with Crippen LogP contribution in [0.1, 0.15) is 24.5 Å². The molecule has 1 fully saturated rings. The predicted octanol–water partition coefficient (Wildman–Crippen LogP) is 0.796.